The predicted octanol–water partition coefficient (Wildman–Crippen LogP) is 20.0. The number of carbonyl (C=O) groups is 6. The van der Waals surface area contributed by atoms with E-state index >= 15 is 0 Å². The van der Waals surface area contributed by atoms with Crippen molar-refractivity contribution in [3.05, 3.63) is 288 Å². The minimum atomic E-state index is -0.820. The first kappa shape index (κ1) is 125. The molecule has 0 saturated carbocycles. The van der Waals surface area contributed by atoms with E-state index in [0.717, 1.165) is 97.0 Å². The van der Waals surface area contributed by atoms with Crippen LogP contribution >= 0.6 is 15.9 Å². The van der Waals surface area contributed by atoms with Gasteiger partial charge < -0.3 is 82.0 Å². The van der Waals surface area contributed by atoms with Crippen LogP contribution in [0, 0.1) is 26.2 Å². The Morgan fingerprint density at radius 3 is 1.10 bits per heavy atom. The van der Waals surface area contributed by atoms with Crippen LogP contribution in [0.15, 0.2) is 239 Å². The maximum atomic E-state index is 12.0. The maximum absolute atomic E-state index is 12.0. The summed E-state index contributed by atoms with van der Waals surface area (Å²) in [6.45, 7) is 23.5. The number of esters is 4. The molecule has 16 rings (SSSR count). The first-order valence-electron chi connectivity index (χ1n) is 48.7. The van der Waals surface area contributed by atoms with E-state index in [4.69, 9.17) is 64.5 Å². The minimum Gasteiger partial charge on any atom is -0.483 e. The summed E-state index contributed by atoms with van der Waals surface area (Å²) in [4.78, 5) is 110. The van der Waals surface area contributed by atoms with Gasteiger partial charge >= 0.3 is 36.1 Å². The van der Waals surface area contributed by atoms with Crippen molar-refractivity contribution in [3.8, 4) is 0 Å². The summed E-state index contributed by atoms with van der Waals surface area (Å²) in [6, 6.07) is 59.9. The smallest absolute Gasteiger partial charge is 0.408 e. The zero-order valence-electron chi connectivity index (χ0n) is 88.6. The van der Waals surface area contributed by atoms with E-state index < -0.39 is 65.5 Å². The van der Waals surface area contributed by atoms with Gasteiger partial charge in [0.15, 0.2) is 0 Å². The van der Waals surface area contributed by atoms with E-state index in [1.165, 1.54) is 110 Å². The summed E-state index contributed by atoms with van der Waals surface area (Å²) in [5.41, 5.74) is 28.5. The van der Waals surface area contributed by atoms with Gasteiger partial charge in [-0.3, -0.25) is 34.5 Å². The summed E-state index contributed by atoms with van der Waals surface area (Å²) in [5, 5.41) is 19.2. The molecule has 5 aromatic heterocycles. The number of ether oxygens (including phenoxy) is 10. The normalized spacial score (nSPS) is 14.8. The molecule has 7 heterocycles. The molecule has 2 aliphatic carbocycles. The Morgan fingerprint density at radius 2 is 0.736 bits per heavy atom. The molecule has 148 heavy (non-hydrogen) atoms. The van der Waals surface area contributed by atoms with E-state index in [1.807, 2.05) is 116 Å². The Hall–Kier alpha value is -13.1. The van der Waals surface area contributed by atoms with Gasteiger partial charge in [0.25, 0.3) is 0 Å². The van der Waals surface area contributed by atoms with Crippen LogP contribution in [-0.2, 0) is 150 Å². The second-order valence-corrected chi connectivity index (χ2v) is 38.0. The van der Waals surface area contributed by atoms with Gasteiger partial charge in [-0.2, -0.15) is 0 Å². The number of fused-ring (bicyclic) bond motifs is 7. The fourth-order valence-corrected chi connectivity index (χ4v) is 16.3. The number of pyridine rings is 5. The second-order valence-electron chi connectivity index (χ2n) is 37.4. The van der Waals surface area contributed by atoms with Crippen molar-refractivity contribution in [2.24, 2.45) is 43.3 Å². The first-order chi connectivity index (χ1) is 69.4. The first-order valence-corrected chi connectivity index (χ1v) is 49.9. The average molecular weight is 2190 g/mol. The van der Waals surface area contributed by atoms with Crippen LogP contribution in [-0.4, -0.2) is 213 Å². The number of benzene rings is 7. The van der Waals surface area contributed by atoms with Crippen molar-refractivity contribution < 1.29 is 102 Å². The summed E-state index contributed by atoms with van der Waals surface area (Å²) < 4.78 is 50.4. The third-order valence-electron chi connectivity index (χ3n) is 23.1. The number of nitrogens with two attached hydrogens (primary N) is 2. The molecule has 7 aromatic carbocycles. The summed E-state index contributed by atoms with van der Waals surface area (Å²) in [6.07, 6.45) is 19.6. The van der Waals surface area contributed by atoms with E-state index in [2.05, 4.69) is 190 Å². The molecule has 0 radical (unpaired) electrons. The average Bonchev–Trinajstić information content (AvgIpc) is 0.813. The van der Waals surface area contributed by atoms with Crippen molar-refractivity contribution in [2.45, 2.75) is 233 Å². The molecule has 4 aliphatic rings. The van der Waals surface area contributed by atoms with Gasteiger partial charge in [0, 0.05) is 110 Å². The number of aliphatic imine (C=N–C) groups is 4. The molecular weight excluding hydrogens is 2030 g/mol. The van der Waals surface area contributed by atoms with Crippen molar-refractivity contribution in [2.75, 3.05) is 70.0 Å². The van der Waals surface area contributed by atoms with Gasteiger partial charge in [0.2, 0.25) is 23.6 Å². The van der Waals surface area contributed by atoms with Crippen LogP contribution in [0.1, 0.15) is 170 Å². The van der Waals surface area contributed by atoms with Crippen LogP contribution in [0.2, 0.25) is 0 Å². The quantitative estimate of drug-likeness (QED) is 0.0165. The van der Waals surface area contributed by atoms with Crippen LogP contribution in [0.25, 0.3) is 54.5 Å². The van der Waals surface area contributed by atoms with Crippen molar-refractivity contribution in [3.63, 3.8) is 0 Å². The van der Waals surface area contributed by atoms with Crippen molar-refractivity contribution in [1.29, 1.82) is 0 Å². The van der Waals surface area contributed by atoms with Crippen LogP contribution in [0.5, 0.6) is 0 Å². The maximum Gasteiger partial charge on any atom is 0.408 e. The Bertz CT molecular complexity index is 6350. The zero-order valence-corrected chi connectivity index (χ0v) is 91.8. The van der Waals surface area contributed by atoms with Gasteiger partial charge in [0.05, 0.1) is 84.5 Å². The van der Waals surface area contributed by atoms with Crippen LogP contribution in [0.4, 0.5) is 9.59 Å². The molecule has 0 unspecified atom stereocenters. The zero-order chi connectivity index (χ0) is 106. The topological polar surface area (TPSA) is 405 Å². The number of halogens is 1. The van der Waals surface area contributed by atoms with E-state index in [9.17, 15) is 28.8 Å². The SMILES string of the molecule is BrCc1ccc2ncccc2c1.C.CCO.COC(=O)[C@@H](N)Cc1ccc2c(c1)CCCC2.COC(=O)[C@@H](N)Cc1ccc2ncccc2c1.COC(=O)[C@H](Cc1ccc2c(c1)CCCC2)NC(=O)OC(C)(C)C.COC(=O)[C@H](Cc1ccc2ncccc2c1)NC(=O)OC(C)(C)C.COC1=N[C@H](C(C)C)C(OC)=NC1.COC1=N[C@H](C(C)C)C(OC)=N[C@H]1Cc1ccc2ncccc2c1.Cc1ccc2ncccc2c1.[CH3-].[Pd]. The Kier molecular flexibility index (Phi) is 54.4. The molecule has 32 heteroatoms. The molecule has 800 valence electrons. The number of carbonyl (C=O) groups excluding carboxylic acids is 6. The van der Waals surface area contributed by atoms with Crippen LogP contribution < -0.4 is 22.1 Å². The molecule has 0 fully saturated rings. The van der Waals surface area contributed by atoms with E-state index in [0.29, 0.717) is 67.7 Å². The van der Waals surface area contributed by atoms with Gasteiger partial charge in [-0.1, -0.05) is 154 Å². The molecule has 0 spiro atoms. The van der Waals surface area contributed by atoms with Gasteiger partial charge in [-0.05, 0) is 278 Å². The number of alkyl carbamates (subject to hydrolysis) is 2. The Morgan fingerprint density at radius 1 is 0.412 bits per heavy atom. The van der Waals surface area contributed by atoms with Crippen LogP contribution in [0.3, 0.4) is 0 Å². The molecule has 7 atom stereocenters. The summed E-state index contributed by atoms with van der Waals surface area (Å²) in [7, 11) is 11.9. The van der Waals surface area contributed by atoms with Crippen molar-refractivity contribution in [1.82, 2.24) is 35.6 Å². The molecule has 0 bridgehead atoms. The molecule has 2 amide bonds. The third kappa shape index (κ3) is 41.6. The number of aliphatic hydroxyl groups excluding tert-OH is 1. The molecule has 7 N–H and O–H groups in total. The largest absolute Gasteiger partial charge is 0.483 e. The number of amides is 2. The standard InChI is InChI=1S/C19H23N3O2.C19H27NO4.C18H22N2O4.C14H19NO2.C13H14N2O2.C10H8BrN.C10H9N.C9H16N2O2.C2H6O.CH4.CH3.Pd/c1-12(2)17-19(24-4)21-16(18(22-17)23-3)11-13-7-8-15-14(10-13)6-5-9-20-15;1-19(2,3)24-18(22)20-16(17(21)23-4)12-13-9-10-14-7-5-6-8-15(14)11-13;1-18(2,3)24-17(22)20-15(16(21)23-4)11-12-7-8-14-13(10-12)6-5-9-19-14;1-17-14(16)13(15)9-10-6-7-11-4-2-3-5-12(11)8-10;1-17-13(16)11(14)8-9-4-5-12-10(7-9)3-2-6-15-12;11-7-8-3-4-10-9(6-8)2-1-5-12-10;1-8-4-5-10-9(7-8)3-2-6-11-10;1-6(2)8-9(13-4)10-5-7(11-8)12-3;1-2-3;;;/h5-10,12,16-17H,11H2,1-4H3;9-11,16H,5-8,12H2,1-4H3,(H,20,22);5-10,15H,11H2,1-4H3,(H,20,22);6-8,13H,2-5,9,15H2,1H3;2-7,11H,8,14H2,1H3;1-6H,7H2;2-7H,1H3;6,8H,5H2,1-4H3;3H,2H2,1H3;1H4;1H3;/q;;;;;;;;;;-1;/t16-,17+;16-;15-;13-;11-;;;8-;;;;/m00000..1..../s1. The molecular formula is C116H151BrN13O17Pd-. The Labute approximate surface area is 895 Å². The van der Waals surface area contributed by atoms with E-state index in [-0.39, 0.29) is 66.0 Å². The second kappa shape index (κ2) is 64.2. The number of rotatable bonds is 19. The number of hydrogen-bond donors (Lipinski definition) is 5. The third-order valence-corrected chi connectivity index (χ3v) is 23.8. The summed E-state index contributed by atoms with van der Waals surface area (Å²) in [5.74, 6) is 1.68. The molecule has 0 saturated heterocycles. The Balaban J connectivity index is 0.000000299. The van der Waals surface area contributed by atoms with Gasteiger partial charge in [-0.15, -0.1) is 0 Å². The molecule has 2 aliphatic heterocycles. The molecule has 30 nitrogen and oxygen atoms in total. The van der Waals surface area contributed by atoms with Crippen molar-refractivity contribution >= 4 is 130 Å². The van der Waals surface area contributed by atoms with E-state index in [1.54, 1.807) is 95.5 Å². The summed E-state index contributed by atoms with van der Waals surface area (Å²) >= 11 is 3.42. The number of nitrogens with zero attached hydrogens (tertiary/aromatic N) is 9. The minimum absolute atomic E-state index is 0. The van der Waals surface area contributed by atoms with Gasteiger partial charge in [-0.25, -0.2) is 39.1 Å². The number of methoxy groups -OCH3 is 8. The number of aliphatic hydroxyl groups is 1. The number of aryl methyl sites for hydroxylation is 5. The fraction of sp³-hybridized carbons (Fsp3) is 0.414. The number of nitrogens with one attached hydrogen (secondary N) is 2. The number of alkyl halides is 1. The molecule has 12 aromatic rings. The number of hydrogen-bond acceptors (Lipinski definition) is 28. The van der Waals surface area contributed by atoms with Gasteiger partial charge in [0.1, 0.15) is 60.0 Å². The predicted molar refractivity (Wildman–Crippen MR) is 591 cm³/mol. The number of aromatic nitrogens is 5. The monoisotopic (exact) mass is 2180 g/mol. The fourth-order valence-electron chi connectivity index (χ4n) is 15.9.